The smallest absolute Gasteiger partial charge is 0.313 e. The molecule has 7 nitrogen and oxygen atoms in total. The van der Waals surface area contributed by atoms with Gasteiger partial charge in [0.25, 0.3) is 0 Å². The first kappa shape index (κ1) is 18.8. The third kappa shape index (κ3) is 4.81. The molecule has 27 heavy (non-hydrogen) atoms. The van der Waals surface area contributed by atoms with E-state index < -0.39 is 11.8 Å². The van der Waals surface area contributed by atoms with Crippen LogP contribution in [-0.2, 0) is 16.6 Å². The van der Waals surface area contributed by atoms with Crippen LogP contribution in [-0.4, -0.2) is 33.2 Å². The Morgan fingerprint density at radius 1 is 1.07 bits per heavy atom. The van der Waals surface area contributed by atoms with E-state index in [1.54, 1.807) is 48.3 Å². The van der Waals surface area contributed by atoms with Gasteiger partial charge < -0.3 is 15.2 Å². The zero-order valence-corrected chi connectivity index (χ0v) is 15.4. The average Bonchev–Trinajstić information content (AvgIpc) is 2.92. The van der Waals surface area contributed by atoms with E-state index in [1.807, 2.05) is 0 Å². The number of aryl methyl sites for hydroxylation is 1. The van der Waals surface area contributed by atoms with Crippen LogP contribution in [0.15, 0.2) is 36.7 Å². The molecule has 0 unspecified atom stereocenters. The molecule has 1 aromatic heterocycles. The monoisotopic (exact) mass is 368 g/mol. The van der Waals surface area contributed by atoms with Gasteiger partial charge >= 0.3 is 11.8 Å². The van der Waals surface area contributed by atoms with Gasteiger partial charge in [-0.15, -0.1) is 0 Å². The van der Waals surface area contributed by atoms with Crippen LogP contribution in [0.4, 0.5) is 5.69 Å². The number of benzene rings is 1. The van der Waals surface area contributed by atoms with Crippen LogP contribution < -0.4 is 10.6 Å². The number of rotatable bonds is 4. The Balaban J connectivity index is 1.63. The third-order valence-electron chi connectivity index (χ3n) is 4.80. The summed E-state index contributed by atoms with van der Waals surface area (Å²) >= 11 is 0. The van der Waals surface area contributed by atoms with E-state index in [0.717, 1.165) is 25.7 Å². The molecular formula is C20H24N4O3. The number of carbonyl (C=O) groups is 3. The Labute approximate surface area is 158 Å². The first-order valence-corrected chi connectivity index (χ1v) is 9.28. The quantitative estimate of drug-likeness (QED) is 0.492. The lowest BCUT2D eigenvalue weighted by atomic mass is 10.1. The number of hydrogen-bond donors (Lipinski definition) is 2. The highest BCUT2D eigenvalue weighted by Crippen LogP contribution is 2.17. The minimum atomic E-state index is -0.721. The zero-order valence-electron chi connectivity index (χ0n) is 15.4. The lowest BCUT2D eigenvalue weighted by Crippen LogP contribution is -2.41. The number of aromatic nitrogens is 2. The highest BCUT2D eigenvalue weighted by atomic mass is 16.2. The summed E-state index contributed by atoms with van der Waals surface area (Å²) in [7, 11) is 1.74. The first-order chi connectivity index (χ1) is 13.0. The summed E-state index contributed by atoms with van der Waals surface area (Å²) in [5.41, 5.74) is 0.794. The van der Waals surface area contributed by atoms with Crippen molar-refractivity contribution in [3.63, 3.8) is 0 Å². The van der Waals surface area contributed by atoms with Crippen molar-refractivity contribution >= 4 is 23.3 Å². The molecule has 0 radical (unpaired) electrons. The Kier molecular flexibility index (Phi) is 6.01. The van der Waals surface area contributed by atoms with Gasteiger partial charge in [0.1, 0.15) is 0 Å². The topological polar surface area (TPSA) is 93.1 Å². The van der Waals surface area contributed by atoms with Gasteiger partial charge in [-0.1, -0.05) is 37.8 Å². The molecule has 2 N–H and O–H groups in total. The Morgan fingerprint density at radius 3 is 2.48 bits per heavy atom. The zero-order chi connectivity index (χ0) is 19.2. The highest BCUT2D eigenvalue weighted by molar-refractivity contribution is 6.39. The van der Waals surface area contributed by atoms with Crippen LogP contribution in [0.5, 0.6) is 0 Å². The fraction of sp³-hybridized carbons (Fsp3) is 0.400. The maximum atomic E-state index is 12.5. The standard InChI is InChI=1S/C20H24N4O3/c1-24-12-11-21-18(24)17(25)14-7-6-10-16(13-14)23-20(27)19(26)22-15-8-4-2-3-5-9-15/h6-7,10-13,15H,2-5,8-9H2,1H3,(H,22,26)(H,23,27). The van der Waals surface area contributed by atoms with Crippen LogP contribution in [0.1, 0.15) is 54.7 Å². The number of amides is 2. The van der Waals surface area contributed by atoms with Gasteiger partial charge in [-0.05, 0) is 25.0 Å². The molecule has 1 aromatic carbocycles. The summed E-state index contributed by atoms with van der Waals surface area (Å²) in [6.45, 7) is 0. The predicted molar refractivity (Wildman–Crippen MR) is 101 cm³/mol. The molecule has 0 spiro atoms. The maximum absolute atomic E-state index is 12.5. The highest BCUT2D eigenvalue weighted by Gasteiger charge is 2.20. The minimum absolute atomic E-state index is 0.0575. The maximum Gasteiger partial charge on any atom is 0.313 e. The molecule has 0 saturated heterocycles. The molecule has 0 bridgehead atoms. The molecule has 1 heterocycles. The van der Waals surface area contributed by atoms with Crippen LogP contribution in [0.3, 0.4) is 0 Å². The van der Waals surface area contributed by atoms with E-state index in [1.165, 1.54) is 12.8 Å². The third-order valence-corrected chi connectivity index (χ3v) is 4.80. The second kappa shape index (κ2) is 8.62. The van der Waals surface area contributed by atoms with Gasteiger partial charge in [0.05, 0.1) is 0 Å². The van der Waals surface area contributed by atoms with Crippen LogP contribution >= 0.6 is 0 Å². The molecule has 1 fully saturated rings. The molecule has 1 saturated carbocycles. The molecule has 142 valence electrons. The van der Waals surface area contributed by atoms with E-state index in [-0.39, 0.29) is 11.8 Å². The van der Waals surface area contributed by atoms with E-state index in [9.17, 15) is 14.4 Å². The van der Waals surface area contributed by atoms with Crippen molar-refractivity contribution in [3.8, 4) is 0 Å². The van der Waals surface area contributed by atoms with Crippen molar-refractivity contribution < 1.29 is 14.4 Å². The molecular weight excluding hydrogens is 344 g/mol. The van der Waals surface area contributed by atoms with Gasteiger partial charge in [0.2, 0.25) is 5.78 Å². The van der Waals surface area contributed by atoms with Gasteiger partial charge in [0.15, 0.2) is 5.82 Å². The molecule has 2 amide bonds. The lowest BCUT2D eigenvalue weighted by molar-refractivity contribution is -0.136. The number of anilines is 1. The Morgan fingerprint density at radius 2 is 1.81 bits per heavy atom. The second-order valence-electron chi connectivity index (χ2n) is 6.89. The van der Waals surface area contributed by atoms with E-state index in [4.69, 9.17) is 0 Å². The summed E-state index contributed by atoms with van der Waals surface area (Å²) in [4.78, 5) is 41.0. The summed E-state index contributed by atoms with van der Waals surface area (Å²) < 4.78 is 1.63. The van der Waals surface area contributed by atoms with Crippen molar-refractivity contribution in [1.29, 1.82) is 0 Å². The molecule has 0 aliphatic heterocycles. The predicted octanol–water partition coefficient (Wildman–Crippen LogP) is 2.43. The van der Waals surface area contributed by atoms with Crippen LogP contribution in [0.2, 0.25) is 0 Å². The van der Waals surface area contributed by atoms with Crippen molar-refractivity contribution in [1.82, 2.24) is 14.9 Å². The SMILES string of the molecule is Cn1ccnc1C(=O)c1cccc(NC(=O)C(=O)NC2CCCCCC2)c1. The Bertz CT molecular complexity index is 835. The van der Waals surface area contributed by atoms with Gasteiger partial charge in [-0.3, -0.25) is 14.4 Å². The van der Waals surface area contributed by atoms with Gasteiger partial charge in [-0.25, -0.2) is 4.98 Å². The minimum Gasteiger partial charge on any atom is -0.345 e. The molecule has 2 aromatic rings. The average molecular weight is 368 g/mol. The lowest BCUT2D eigenvalue weighted by Gasteiger charge is -2.15. The number of carbonyl (C=O) groups excluding carboxylic acids is 3. The summed E-state index contributed by atoms with van der Waals surface area (Å²) in [5, 5.41) is 5.39. The number of nitrogens with one attached hydrogen (secondary N) is 2. The van der Waals surface area contributed by atoms with E-state index >= 15 is 0 Å². The number of imidazole rings is 1. The fourth-order valence-corrected chi connectivity index (χ4v) is 3.31. The molecule has 7 heteroatoms. The molecule has 1 aliphatic carbocycles. The van der Waals surface area contributed by atoms with Crippen LogP contribution in [0.25, 0.3) is 0 Å². The fourth-order valence-electron chi connectivity index (χ4n) is 3.31. The number of hydrogen-bond acceptors (Lipinski definition) is 4. The second-order valence-corrected chi connectivity index (χ2v) is 6.89. The summed E-state index contributed by atoms with van der Waals surface area (Å²) in [5.74, 6) is -1.30. The molecule has 1 aliphatic rings. The summed E-state index contributed by atoms with van der Waals surface area (Å²) in [6.07, 6.45) is 9.56. The largest absolute Gasteiger partial charge is 0.345 e. The summed E-state index contributed by atoms with van der Waals surface area (Å²) in [6, 6.07) is 6.56. The number of ketones is 1. The van der Waals surface area contributed by atoms with Crippen molar-refractivity contribution in [2.24, 2.45) is 7.05 Å². The van der Waals surface area contributed by atoms with Gasteiger partial charge in [0, 0.05) is 36.7 Å². The van der Waals surface area contributed by atoms with Crippen molar-refractivity contribution in [2.75, 3.05) is 5.32 Å². The van der Waals surface area contributed by atoms with Crippen molar-refractivity contribution in [2.45, 2.75) is 44.6 Å². The Hall–Kier alpha value is -2.96. The van der Waals surface area contributed by atoms with Crippen molar-refractivity contribution in [3.05, 3.63) is 48.0 Å². The van der Waals surface area contributed by atoms with E-state index in [2.05, 4.69) is 15.6 Å². The van der Waals surface area contributed by atoms with Crippen LogP contribution in [0, 0.1) is 0 Å². The number of nitrogens with zero attached hydrogens (tertiary/aromatic N) is 2. The molecule has 0 atom stereocenters. The molecule has 3 rings (SSSR count). The van der Waals surface area contributed by atoms with E-state index in [0.29, 0.717) is 17.1 Å². The first-order valence-electron chi connectivity index (χ1n) is 9.28. The van der Waals surface area contributed by atoms with Gasteiger partial charge in [-0.2, -0.15) is 0 Å². The normalized spacial score (nSPS) is 15.0.